The number of rotatable bonds is 7. The second-order valence-corrected chi connectivity index (χ2v) is 15.6. The van der Waals surface area contributed by atoms with Gasteiger partial charge in [0.2, 0.25) is 0 Å². The molecule has 9 aromatic carbocycles. The molecule has 0 unspecified atom stereocenters. The lowest BCUT2D eigenvalue weighted by Gasteiger charge is -2.13. The molecule has 5 nitrogen and oxygen atoms in total. The fraction of sp³-hybridized carbons (Fsp3) is 0. The first kappa shape index (κ1) is 35.5. The maximum absolute atomic E-state index is 6.16. The molecule has 0 N–H and O–H groups in total. The first-order chi connectivity index (χ1) is 30.7. The molecule has 0 amide bonds. The van der Waals surface area contributed by atoms with Gasteiger partial charge in [-0.05, 0) is 100 Å². The van der Waals surface area contributed by atoms with Crippen molar-refractivity contribution in [3.8, 4) is 73.2 Å². The highest BCUT2D eigenvalue weighted by Crippen LogP contribution is 2.39. The van der Waals surface area contributed by atoms with Crippen LogP contribution >= 0.6 is 0 Å². The van der Waals surface area contributed by atoms with Gasteiger partial charge in [0.15, 0.2) is 17.5 Å². The van der Waals surface area contributed by atoms with E-state index in [1.807, 2.05) is 60.7 Å². The molecule has 0 saturated heterocycles. The Morgan fingerprint density at radius 3 is 1.47 bits per heavy atom. The van der Waals surface area contributed by atoms with Crippen molar-refractivity contribution in [1.29, 1.82) is 0 Å². The molecular formula is C57H36N4O. The van der Waals surface area contributed by atoms with E-state index in [1.165, 1.54) is 33.0 Å². The molecule has 0 spiro atoms. The zero-order valence-corrected chi connectivity index (χ0v) is 33.5. The summed E-state index contributed by atoms with van der Waals surface area (Å²) in [4.78, 5) is 15.4. The zero-order chi connectivity index (χ0) is 41.0. The summed E-state index contributed by atoms with van der Waals surface area (Å²) in [5.41, 5.74) is 14.7. The van der Waals surface area contributed by atoms with Crippen molar-refractivity contribution < 1.29 is 4.42 Å². The van der Waals surface area contributed by atoms with E-state index in [0.717, 1.165) is 66.5 Å². The highest BCUT2D eigenvalue weighted by molar-refractivity contribution is 6.10. The van der Waals surface area contributed by atoms with Gasteiger partial charge in [0.1, 0.15) is 11.2 Å². The van der Waals surface area contributed by atoms with E-state index in [0.29, 0.717) is 17.5 Å². The van der Waals surface area contributed by atoms with Crippen molar-refractivity contribution in [3.63, 3.8) is 0 Å². The summed E-state index contributed by atoms with van der Waals surface area (Å²) in [6, 6.07) is 76.7. The van der Waals surface area contributed by atoms with Gasteiger partial charge in [-0.15, -0.1) is 0 Å². The SMILES string of the molecule is c1ccc(-c2cc(-c3ccccc3)cc(-c3ccc4c5ccccc5n(-c5cccc(-c6nc(-c7ccccc7)nc(-c7ccc8oc9ccccc9c8c7)n6)c5)c4c3)c2)cc1. The average molecular weight is 793 g/mol. The fourth-order valence-corrected chi connectivity index (χ4v) is 8.82. The van der Waals surface area contributed by atoms with Gasteiger partial charge in [0.25, 0.3) is 0 Å². The zero-order valence-electron chi connectivity index (χ0n) is 33.5. The quantitative estimate of drug-likeness (QED) is 0.161. The fourth-order valence-electron chi connectivity index (χ4n) is 8.82. The third-order valence-electron chi connectivity index (χ3n) is 11.8. The Kier molecular flexibility index (Phi) is 8.42. The Labute approximate surface area is 357 Å². The Hall–Kier alpha value is -8.41. The summed E-state index contributed by atoms with van der Waals surface area (Å²) in [6.45, 7) is 0. The van der Waals surface area contributed by atoms with Crippen LogP contribution in [0, 0.1) is 0 Å². The van der Waals surface area contributed by atoms with Gasteiger partial charge in [-0.3, -0.25) is 0 Å². The molecule has 5 heteroatoms. The van der Waals surface area contributed by atoms with Gasteiger partial charge in [-0.1, -0.05) is 152 Å². The molecule has 0 aliphatic rings. The standard InChI is InChI=1S/C57H36N4O/c1-4-15-37(16-5-1)43-31-44(38-17-6-2-7-18-38)33-45(32-43)40-27-29-48-47-23-10-12-25-51(47)61(52(48)36-40)46-22-14-21-41(34-46)56-58-55(39-19-8-3-9-20-39)59-57(60-56)42-28-30-54-50(35-42)49-24-11-13-26-53(49)62-54/h1-36H. The number of nitrogens with zero attached hydrogens (tertiary/aromatic N) is 4. The number of hydrogen-bond donors (Lipinski definition) is 0. The molecule has 290 valence electrons. The summed E-state index contributed by atoms with van der Waals surface area (Å²) >= 11 is 0. The number of fused-ring (bicyclic) bond motifs is 6. The van der Waals surface area contributed by atoms with E-state index in [2.05, 4.69) is 162 Å². The third kappa shape index (κ3) is 6.23. The maximum atomic E-state index is 6.16. The van der Waals surface area contributed by atoms with E-state index in [4.69, 9.17) is 19.4 Å². The molecule has 62 heavy (non-hydrogen) atoms. The van der Waals surface area contributed by atoms with Gasteiger partial charge in [-0.25, -0.2) is 15.0 Å². The van der Waals surface area contributed by atoms with E-state index >= 15 is 0 Å². The number of furan rings is 1. The first-order valence-electron chi connectivity index (χ1n) is 20.8. The molecule has 0 aliphatic carbocycles. The molecule has 0 fully saturated rings. The van der Waals surface area contributed by atoms with Crippen molar-refractivity contribution in [1.82, 2.24) is 19.5 Å². The minimum atomic E-state index is 0.598. The Balaban J connectivity index is 1.02. The maximum Gasteiger partial charge on any atom is 0.164 e. The van der Waals surface area contributed by atoms with Crippen LogP contribution in [0.15, 0.2) is 223 Å². The van der Waals surface area contributed by atoms with Crippen molar-refractivity contribution in [2.45, 2.75) is 0 Å². The summed E-state index contributed by atoms with van der Waals surface area (Å²) in [5.74, 6) is 1.81. The van der Waals surface area contributed by atoms with Gasteiger partial charge >= 0.3 is 0 Å². The van der Waals surface area contributed by atoms with Crippen LogP contribution in [0.4, 0.5) is 0 Å². The first-order valence-corrected chi connectivity index (χ1v) is 20.8. The molecule has 0 atom stereocenters. The summed E-state index contributed by atoms with van der Waals surface area (Å²) < 4.78 is 8.53. The molecule has 0 saturated carbocycles. The average Bonchev–Trinajstić information content (AvgIpc) is 3.90. The monoisotopic (exact) mass is 792 g/mol. The molecule has 0 aliphatic heterocycles. The summed E-state index contributed by atoms with van der Waals surface area (Å²) in [6.07, 6.45) is 0. The number of para-hydroxylation sites is 2. The van der Waals surface area contributed by atoms with Crippen LogP contribution in [-0.4, -0.2) is 19.5 Å². The Morgan fingerprint density at radius 1 is 0.274 bits per heavy atom. The van der Waals surface area contributed by atoms with Crippen molar-refractivity contribution >= 4 is 43.7 Å². The van der Waals surface area contributed by atoms with Crippen LogP contribution in [0.1, 0.15) is 0 Å². The minimum Gasteiger partial charge on any atom is -0.456 e. The molecule has 0 radical (unpaired) electrons. The number of benzene rings is 9. The summed E-state index contributed by atoms with van der Waals surface area (Å²) in [7, 11) is 0. The van der Waals surface area contributed by atoms with E-state index in [-0.39, 0.29) is 0 Å². The predicted molar refractivity (Wildman–Crippen MR) is 254 cm³/mol. The number of aromatic nitrogens is 4. The van der Waals surface area contributed by atoms with E-state index in [9.17, 15) is 0 Å². The van der Waals surface area contributed by atoms with Gasteiger partial charge in [0, 0.05) is 43.9 Å². The normalized spacial score (nSPS) is 11.5. The molecule has 0 bridgehead atoms. The molecule has 3 aromatic heterocycles. The lowest BCUT2D eigenvalue weighted by atomic mass is 9.93. The van der Waals surface area contributed by atoms with Crippen molar-refractivity contribution in [2.24, 2.45) is 0 Å². The van der Waals surface area contributed by atoms with Crippen LogP contribution in [0.5, 0.6) is 0 Å². The van der Waals surface area contributed by atoms with Crippen molar-refractivity contribution in [3.05, 3.63) is 218 Å². The van der Waals surface area contributed by atoms with Crippen LogP contribution in [0.25, 0.3) is 117 Å². The van der Waals surface area contributed by atoms with E-state index in [1.54, 1.807) is 0 Å². The molecule has 12 rings (SSSR count). The van der Waals surface area contributed by atoms with Gasteiger partial charge in [-0.2, -0.15) is 0 Å². The Bertz CT molecular complexity index is 3570. The molecular weight excluding hydrogens is 757 g/mol. The molecule has 12 aromatic rings. The highest BCUT2D eigenvalue weighted by Gasteiger charge is 2.18. The number of hydrogen-bond acceptors (Lipinski definition) is 4. The van der Waals surface area contributed by atoms with Crippen LogP contribution in [0.2, 0.25) is 0 Å². The largest absolute Gasteiger partial charge is 0.456 e. The van der Waals surface area contributed by atoms with Gasteiger partial charge < -0.3 is 8.98 Å². The van der Waals surface area contributed by atoms with Crippen molar-refractivity contribution in [2.75, 3.05) is 0 Å². The Morgan fingerprint density at radius 2 is 0.774 bits per heavy atom. The predicted octanol–water partition coefficient (Wildman–Crippen LogP) is 14.9. The topological polar surface area (TPSA) is 56.7 Å². The third-order valence-corrected chi connectivity index (χ3v) is 11.8. The van der Waals surface area contributed by atoms with E-state index < -0.39 is 0 Å². The van der Waals surface area contributed by atoms with Crippen LogP contribution in [0.3, 0.4) is 0 Å². The minimum absolute atomic E-state index is 0.598. The second-order valence-electron chi connectivity index (χ2n) is 15.6. The highest BCUT2D eigenvalue weighted by atomic mass is 16.3. The lowest BCUT2D eigenvalue weighted by molar-refractivity contribution is 0.669. The van der Waals surface area contributed by atoms with Gasteiger partial charge in [0.05, 0.1) is 11.0 Å². The molecule has 3 heterocycles. The van der Waals surface area contributed by atoms with Crippen LogP contribution in [-0.2, 0) is 0 Å². The van der Waals surface area contributed by atoms with Crippen LogP contribution < -0.4 is 0 Å². The second kappa shape index (κ2) is 14.7. The smallest absolute Gasteiger partial charge is 0.164 e. The summed E-state index contributed by atoms with van der Waals surface area (Å²) in [5, 5.41) is 4.47. The lowest BCUT2D eigenvalue weighted by Crippen LogP contribution is -2.01.